The highest BCUT2D eigenvalue weighted by Gasteiger charge is 2.14. The Balaban J connectivity index is 2.55. The van der Waals surface area contributed by atoms with E-state index < -0.39 is 5.97 Å². The molecule has 0 fully saturated rings. The molecule has 0 amide bonds. The molecule has 5 heteroatoms. The fraction of sp³-hybridized carbons (Fsp3) is 0.200. The Bertz CT molecular complexity index is 658. The van der Waals surface area contributed by atoms with Crippen LogP contribution in [0, 0.1) is 5.82 Å². The summed E-state index contributed by atoms with van der Waals surface area (Å²) in [5.74, 6) is -1.39. The number of aryl methyl sites for hydroxylation is 1. The van der Waals surface area contributed by atoms with E-state index >= 15 is 0 Å². The number of benzene rings is 1. The standard InChI is InChI=1S/C15H13BrFNO2/c1-2-3-13-10(15(19)20)5-7-14(18-13)11-8-9(16)4-6-12(11)17/h4-8H,2-3H2,1H3,(H,19,20). The number of aromatic carboxylic acids is 1. The van der Waals surface area contributed by atoms with Crippen LogP contribution >= 0.6 is 15.9 Å². The molecular weight excluding hydrogens is 325 g/mol. The molecule has 1 aromatic carbocycles. The summed E-state index contributed by atoms with van der Waals surface area (Å²) in [7, 11) is 0. The molecule has 0 aliphatic heterocycles. The van der Waals surface area contributed by atoms with Gasteiger partial charge in [-0.2, -0.15) is 0 Å². The summed E-state index contributed by atoms with van der Waals surface area (Å²) in [6.45, 7) is 1.94. The number of pyridine rings is 1. The van der Waals surface area contributed by atoms with Gasteiger partial charge in [0.15, 0.2) is 0 Å². The average molecular weight is 338 g/mol. The molecule has 104 valence electrons. The highest BCUT2D eigenvalue weighted by Crippen LogP contribution is 2.26. The summed E-state index contributed by atoms with van der Waals surface area (Å²) in [6, 6.07) is 7.61. The van der Waals surface area contributed by atoms with Crippen molar-refractivity contribution in [2.24, 2.45) is 0 Å². The van der Waals surface area contributed by atoms with Crippen molar-refractivity contribution in [2.75, 3.05) is 0 Å². The van der Waals surface area contributed by atoms with Crippen molar-refractivity contribution in [1.29, 1.82) is 0 Å². The molecule has 0 aliphatic carbocycles. The lowest BCUT2D eigenvalue weighted by Crippen LogP contribution is -2.06. The van der Waals surface area contributed by atoms with Crippen LogP contribution in [-0.2, 0) is 6.42 Å². The second kappa shape index (κ2) is 6.13. The van der Waals surface area contributed by atoms with Gasteiger partial charge in [0.05, 0.1) is 17.0 Å². The van der Waals surface area contributed by atoms with Crippen LogP contribution in [-0.4, -0.2) is 16.1 Å². The second-order valence-electron chi connectivity index (χ2n) is 4.37. The van der Waals surface area contributed by atoms with Crippen LogP contribution in [0.4, 0.5) is 4.39 Å². The van der Waals surface area contributed by atoms with E-state index in [0.29, 0.717) is 23.4 Å². The minimum absolute atomic E-state index is 0.172. The predicted octanol–water partition coefficient (Wildman–Crippen LogP) is 4.30. The molecule has 0 saturated carbocycles. The van der Waals surface area contributed by atoms with E-state index in [-0.39, 0.29) is 11.4 Å². The number of hydrogen-bond acceptors (Lipinski definition) is 2. The first-order valence-electron chi connectivity index (χ1n) is 6.21. The molecule has 1 aromatic heterocycles. The van der Waals surface area contributed by atoms with Gasteiger partial charge in [-0.25, -0.2) is 9.18 Å². The molecule has 1 heterocycles. The lowest BCUT2D eigenvalue weighted by Gasteiger charge is -2.08. The minimum atomic E-state index is -1.01. The van der Waals surface area contributed by atoms with Crippen LogP contribution in [0.25, 0.3) is 11.3 Å². The van der Waals surface area contributed by atoms with E-state index in [9.17, 15) is 9.18 Å². The van der Waals surface area contributed by atoms with Crippen LogP contribution in [0.3, 0.4) is 0 Å². The van der Waals surface area contributed by atoms with E-state index in [0.717, 1.165) is 10.9 Å². The molecule has 3 nitrogen and oxygen atoms in total. The maximum absolute atomic E-state index is 13.9. The summed E-state index contributed by atoms with van der Waals surface area (Å²) in [5, 5.41) is 9.13. The van der Waals surface area contributed by atoms with E-state index in [1.165, 1.54) is 18.2 Å². The summed E-state index contributed by atoms with van der Waals surface area (Å²) in [6.07, 6.45) is 1.32. The Morgan fingerprint density at radius 1 is 1.35 bits per heavy atom. The SMILES string of the molecule is CCCc1nc(-c2cc(Br)ccc2F)ccc1C(=O)O. The molecule has 0 unspecified atom stereocenters. The van der Waals surface area contributed by atoms with E-state index in [2.05, 4.69) is 20.9 Å². The van der Waals surface area contributed by atoms with E-state index in [4.69, 9.17) is 5.11 Å². The molecule has 0 atom stereocenters. The normalized spacial score (nSPS) is 10.6. The Labute approximate surface area is 124 Å². The van der Waals surface area contributed by atoms with Gasteiger partial charge in [0.25, 0.3) is 0 Å². The summed E-state index contributed by atoms with van der Waals surface area (Å²) >= 11 is 3.29. The quantitative estimate of drug-likeness (QED) is 0.904. The van der Waals surface area contributed by atoms with E-state index in [1.54, 1.807) is 12.1 Å². The van der Waals surface area contributed by atoms with E-state index in [1.807, 2.05) is 6.92 Å². The number of nitrogens with zero attached hydrogens (tertiary/aromatic N) is 1. The van der Waals surface area contributed by atoms with Crippen LogP contribution in [0.2, 0.25) is 0 Å². The lowest BCUT2D eigenvalue weighted by atomic mass is 10.1. The molecule has 0 bridgehead atoms. The zero-order chi connectivity index (χ0) is 14.7. The van der Waals surface area contributed by atoms with Crippen LogP contribution in [0.15, 0.2) is 34.8 Å². The first kappa shape index (κ1) is 14.7. The fourth-order valence-corrected chi connectivity index (χ4v) is 2.33. The van der Waals surface area contributed by atoms with Gasteiger partial charge in [0.2, 0.25) is 0 Å². The van der Waals surface area contributed by atoms with Crippen molar-refractivity contribution in [2.45, 2.75) is 19.8 Å². The molecule has 2 rings (SSSR count). The third kappa shape index (κ3) is 3.04. The Hall–Kier alpha value is -1.75. The summed E-state index contributed by atoms with van der Waals surface area (Å²) in [4.78, 5) is 15.5. The Kier molecular flexibility index (Phi) is 4.49. The van der Waals surface area contributed by atoms with Gasteiger partial charge in [-0.05, 0) is 36.8 Å². The third-order valence-corrected chi connectivity index (χ3v) is 3.39. The molecule has 20 heavy (non-hydrogen) atoms. The van der Waals surface area contributed by atoms with Crippen molar-refractivity contribution >= 4 is 21.9 Å². The molecule has 0 aliphatic rings. The van der Waals surface area contributed by atoms with Gasteiger partial charge in [0, 0.05) is 10.0 Å². The maximum Gasteiger partial charge on any atom is 0.337 e. The van der Waals surface area contributed by atoms with Crippen LogP contribution < -0.4 is 0 Å². The fourth-order valence-electron chi connectivity index (χ4n) is 1.97. The summed E-state index contributed by atoms with van der Waals surface area (Å²) < 4.78 is 14.6. The number of halogens is 2. The number of carboxylic acids is 1. The van der Waals surface area contributed by atoms with Crippen molar-refractivity contribution in [1.82, 2.24) is 4.98 Å². The molecule has 0 radical (unpaired) electrons. The second-order valence-corrected chi connectivity index (χ2v) is 5.29. The third-order valence-electron chi connectivity index (χ3n) is 2.90. The summed E-state index contributed by atoms with van der Waals surface area (Å²) in [5.41, 5.74) is 1.45. The first-order chi connectivity index (χ1) is 9.52. The maximum atomic E-state index is 13.9. The average Bonchev–Trinajstić information content (AvgIpc) is 2.41. The highest BCUT2D eigenvalue weighted by atomic mass is 79.9. The Morgan fingerprint density at radius 3 is 2.75 bits per heavy atom. The molecule has 1 N–H and O–H groups in total. The zero-order valence-electron chi connectivity index (χ0n) is 10.9. The zero-order valence-corrected chi connectivity index (χ0v) is 12.4. The molecule has 0 spiro atoms. The smallest absolute Gasteiger partial charge is 0.337 e. The van der Waals surface area contributed by atoms with Gasteiger partial charge in [-0.3, -0.25) is 4.98 Å². The van der Waals surface area contributed by atoms with Gasteiger partial charge in [0.1, 0.15) is 5.82 Å². The van der Waals surface area contributed by atoms with Crippen molar-refractivity contribution in [3.05, 3.63) is 51.9 Å². The lowest BCUT2D eigenvalue weighted by molar-refractivity contribution is 0.0695. The Morgan fingerprint density at radius 2 is 2.10 bits per heavy atom. The van der Waals surface area contributed by atoms with Gasteiger partial charge in [-0.1, -0.05) is 29.3 Å². The van der Waals surface area contributed by atoms with Gasteiger partial charge < -0.3 is 5.11 Å². The predicted molar refractivity (Wildman–Crippen MR) is 78.3 cm³/mol. The molecular formula is C15H13BrFNO2. The van der Waals surface area contributed by atoms with Crippen molar-refractivity contribution in [3.63, 3.8) is 0 Å². The largest absolute Gasteiger partial charge is 0.478 e. The number of rotatable bonds is 4. The van der Waals surface area contributed by atoms with Crippen molar-refractivity contribution < 1.29 is 14.3 Å². The molecule has 0 saturated heterocycles. The van der Waals surface area contributed by atoms with Crippen molar-refractivity contribution in [3.8, 4) is 11.3 Å². The molecule has 2 aromatic rings. The number of aromatic nitrogens is 1. The number of carboxylic acid groups (broad SMARTS) is 1. The number of carbonyl (C=O) groups is 1. The topological polar surface area (TPSA) is 50.2 Å². The van der Waals surface area contributed by atoms with Gasteiger partial charge in [-0.15, -0.1) is 0 Å². The van der Waals surface area contributed by atoms with Crippen LogP contribution in [0.1, 0.15) is 29.4 Å². The number of hydrogen-bond donors (Lipinski definition) is 1. The first-order valence-corrected chi connectivity index (χ1v) is 7.01. The highest BCUT2D eigenvalue weighted by molar-refractivity contribution is 9.10. The monoisotopic (exact) mass is 337 g/mol. The van der Waals surface area contributed by atoms with Gasteiger partial charge >= 0.3 is 5.97 Å². The minimum Gasteiger partial charge on any atom is -0.478 e. The van der Waals surface area contributed by atoms with Crippen LogP contribution in [0.5, 0.6) is 0 Å².